The lowest BCUT2D eigenvalue weighted by Crippen LogP contribution is -1.97. The predicted molar refractivity (Wildman–Crippen MR) is 466 cm³/mol. The van der Waals surface area contributed by atoms with E-state index in [1.54, 1.807) is 0 Å². The molecule has 0 aliphatic rings. The lowest BCUT2D eigenvalue weighted by atomic mass is 9.97. The van der Waals surface area contributed by atoms with Gasteiger partial charge in [-0.3, -0.25) is 0 Å². The third-order valence-corrected chi connectivity index (χ3v) is 22.3. The number of hydrogen-bond acceptors (Lipinski definition) is 0. The zero-order chi connectivity index (χ0) is 72.6. The van der Waals surface area contributed by atoms with Crippen molar-refractivity contribution in [1.29, 1.82) is 0 Å². The summed E-state index contributed by atoms with van der Waals surface area (Å²) in [5.74, 6) is 0. The Kier molecular flexibility index (Phi) is 15.5. The van der Waals surface area contributed by atoms with Crippen LogP contribution in [0.5, 0.6) is 0 Å². The molecule has 4 aromatic heterocycles. The van der Waals surface area contributed by atoms with E-state index < -0.39 is 0 Å². The highest BCUT2D eigenvalue weighted by Crippen LogP contribution is 2.46. The minimum atomic E-state index is 1.14. The Balaban J connectivity index is 0.000000140. The minimum Gasteiger partial charge on any atom is -0.309 e. The van der Waals surface area contributed by atoms with Crippen LogP contribution in [0.15, 0.2) is 425 Å². The highest BCUT2D eigenvalue weighted by Gasteiger charge is 2.24. The summed E-state index contributed by atoms with van der Waals surface area (Å²) in [6.45, 7) is 0. The van der Waals surface area contributed by atoms with E-state index in [0.29, 0.717) is 0 Å². The van der Waals surface area contributed by atoms with E-state index in [4.69, 9.17) is 0 Å². The highest BCUT2D eigenvalue weighted by atomic mass is 15.0. The van der Waals surface area contributed by atoms with Crippen LogP contribution in [-0.4, -0.2) is 18.3 Å². The van der Waals surface area contributed by atoms with E-state index in [1.165, 1.54) is 176 Å². The standard InChI is InChI=1S/C54H36N2.C52H34N2/c1-5-17-37(18-6-1)41-29-42(38-19-7-2-8-20-38)32-45(31-41)55-51-27-15-13-25-47(51)49-36-54-50(35-53(49)55)48-26-14-16-28-52(48)56(54)46-33-43(39-21-9-3-10-22-39)30-44(34-46)40-23-11-4-12-24-40;1-4-16-35(17-5-1)39-28-40(36-18-6-2-7-19-36)31-41(30-39)53-49-26-14-12-24-44(49)47-34-52-48(33-51(47)53)45-25-13-15-27-50(45)54(52)42-29-38-22-10-11-23-43(38)46(32-42)37-20-8-3-9-21-37/h1-36H;1-34H. The Morgan fingerprint density at radius 1 is 0.118 bits per heavy atom. The fraction of sp³-hybridized carbons (Fsp3) is 0. The van der Waals surface area contributed by atoms with Crippen molar-refractivity contribution in [1.82, 2.24) is 18.3 Å². The highest BCUT2D eigenvalue weighted by molar-refractivity contribution is 6.21. The van der Waals surface area contributed by atoms with Gasteiger partial charge >= 0.3 is 0 Å². The normalized spacial score (nSPS) is 11.6. The van der Waals surface area contributed by atoms with Crippen LogP contribution < -0.4 is 0 Å². The summed E-state index contributed by atoms with van der Waals surface area (Å²) in [5.41, 5.74) is 30.9. The second-order valence-electron chi connectivity index (χ2n) is 28.8. The van der Waals surface area contributed by atoms with E-state index in [1.807, 2.05) is 0 Å². The molecule has 0 spiro atoms. The smallest absolute Gasteiger partial charge is 0.0548 e. The third-order valence-electron chi connectivity index (χ3n) is 22.3. The van der Waals surface area contributed by atoms with Gasteiger partial charge in [0, 0.05) is 65.8 Å². The maximum atomic E-state index is 2.47. The van der Waals surface area contributed by atoms with Gasteiger partial charge in [0.25, 0.3) is 0 Å². The van der Waals surface area contributed by atoms with Gasteiger partial charge in [-0.2, -0.15) is 0 Å². The Morgan fingerprint density at radius 3 is 0.591 bits per heavy atom. The second kappa shape index (κ2) is 26.8. The van der Waals surface area contributed by atoms with Gasteiger partial charge in [0.15, 0.2) is 0 Å². The van der Waals surface area contributed by atoms with E-state index >= 15 is 0 Å². The second-order valence-corrected chi connectivity index (χ2v) is 28.8. The van der Waals surface area contributed by atoms with Crippen LogP contribution >= 0.6 is 0 Å². The van der Waals surface area contributed by atoms with Crippen LogP contribution in [0.4, 0.5) is 0 Å². The van der Waals surface area contributed by atoms with E-state index in [-0.39, 0.29) is 0 Å². The van der Waals surface area contributed by atoms with Crippen LogP contribution in [0.3, 0.4) is 0 Å². The molecule has 514 valence electrons. The summed E-state index contributed by atoms with van der Waals surface area (Å²) in [4.78, 5) is 0. The average molecular weight is 1400 g/mol. The summed E-state index contributed by atoms with van der Waals surface area (Å²) in [5, 5.41) is 12.3. The summed E-state index contributed by atoms with van der Waals surface area (Å²) < 4.78 is 9.88. The largest absolute Gasteiger partial charge is 0.309 e. The minimum absolute atomic E-state index is 1.14. The van der Waals surface area contributed by atoms with Crippen molar-refractivity contribution in [2.75, 3.05) is 0 Å². The van der Waals surface area contributed by atoms with Crippen molar-refractivity contribution >= 4 is 98.0 Å². The van der Waals surface area contributed by atoms with Gasteiger partial charge in [-0.15, -0.1) is 0 Å². The number of hydrogen-bond donors (Lipinski definition) is 0. The number of fused-ring (bicyclic) bond motifs is 13. The van der Waals surface area contributed by atoms with Crippen LogP contribution in [-0.2, 0) is 0 Å². The molecule has 0 saturated carbocycles. The first-order valence-corrected chi connectivity index (χ1v) is 37.9. The SMILES string of the molecule is c1ccc(-c2cc(-c3ccccc3)cc(-n3c4ccccc4c4cc5c(cc43)c3ccccc3n5-c3cc(-c4ccccc4)c4ccccc4c3)c2)cc1.c1ccc(-c2cc(-c3ccccc3)cc(-n3c4ccccc4c4cc5c(cc43)c3ccccc3n5-c3cc(-c4ccccc4)cc(-c4ccccc4)c3)c2)cc1. The van der Waals surface area contributed by atoms with Crippen LogP contribution in [0.2, 0.25) is 0 Å². The number of benzene rings is 18. The third kappa shape index (κ3) is 11.1. The molecule has 4 heterocycles. The molecule has 0 aliphatic heterocycles. The lowest BCUT2D eigenvalue weighted by Gasteiger charge is -2.15. The molecule has 0 fully saturated rings. The summed E-state index contributed by atoms with van der Waals surface area (Å²) in [6, 6.07) is 155. The fourth-order valence-electron chi connectivity index (χ4n) is 17.3. The van der Waals surface area contributed by atoms with Crippen LogP contribution in [0, 0.1) is 0 Å². The zero-order valence-corrected chi connectivity index (χ0v) is 60.2. The molecule has 0 atom stereocenters. The van der Waals surface area contributed by atoms with Gasteiger partial charge in [-0.1, -0.05) is 309 Å². The fourth-order valence-corrected chi connectivity index (χ4v) is 17.3. The number of para-hydroxylation sites is 4. The Labute approximate surface area is 637 Å². The lowest BCUT2D eigenvalue weighted by molar-refractivity contribution is 1.18. The van der Waals surface area contributed by atoms with Crippen molar-refractivity contribution < 1.29 is 0 Å². The first-order chi connectivity index (χ1) is 54.5. The molecule has 0 radical (unpaired) electrons. The summed E-state index contributed by atoms with van der Waals surface area (Å²) in [7, 11) is 0. The first-order valence-electron chi connectivity index (χ1n) is 37.9. The predicted octanol–water partition coefficient (Wildman–Crippen LogP) is 28.6. The van der Waals surface area contributed by atoms with Crippen LogP contribution in [0.25, 0.3) is 199 Å². The molecule has 0 N–H and O–H groups in total. The Morgan fingerprint density at radius 2 is 0.327 bits per heavy atom. The molecule has 22 aromatic rings. The van der Waals surface area contributed by atoms with Crippen molar-refractivity contribution in [3.05, 3.63) is 425 Å². The van der Waals surface area contributed by atoms with Crippen LogP contribution in [0.1, 0.15) is 0 Å². The summed E-state index contributed by atoms with van der Waals surface area (Å²) in [6.07, 6.45) is 0. The van der Waals surface area contributed by atoms with Gasteiger partial charge in [0.05, 0.1) is 44.1 Å². The van der Waals surface area contributed by atoms with Gasteiger partial charge in [0.1, 0.15) is 0 Å². The first kappa shape index (κ1) is 63.9. The van der Waals surface area contributed by atoms with Gasteiger partial charge in [0.2, 0.25) is 0 Å². The number of aromatic nitrogens is 4. The molecule has 22 rings (SSSR count). The van der Waals surface area contributed by atoms with E-state index in [9.17, 15) is 0 Å². The maximum absolute atomic E-state index is 2.47. The average Bonchev–Trinajstić information content (AvgIpc) is 1.56. The molecule has 110 heavy (non-hydrogen) atoms. The van der Waals surface area contributed by atoms with Crippen molar-refractivity contribution in [3.8, 4) is 101 Å². The van der Waals surface area contributed by atoms with Gasteiger partial charge in [-0.25, -0.2) is 0 Å². The van der Waals surface area contributed by atoms with E-state index in [0.717, 1.165) is 22.7 Å². The maximum Gasteiger partial charge on any atom is 0.0548 e. The molecular formula is C106H70N4. The molecule has 4 heteroatoms. The van der Waals surface area contributed by atoms with Crippen molar-refractivity contribution in [2.45, 2.75) is 0 Å². The molecular weight excluding hydrogens is 1330 g/mol. The van der Waals surface area contributed by atoms with Gasteiger partial charge in [-0.05, 0) is 204 Å². The van der Waals surface area contributed by atoms with Crippen molar-refractivity contribution in [2.24, 2.45) is 0 Å². The van der Waals surface area contributed by atoms with Crippen molar-refractivity contribution in [3.63, 3.8) is 0 Å². The molecule has 0 amide bonds. The molecule has 18 aromatic carbocycles. The van der Waals surface area contributed by atoms with E-state index in [2.05, 4.69) is 443 Å². The molecule has 4 nitrogen and oxygen atoms in total. The molecule has 0 unspecified atom stereocenters. The quantitative estimate of drug-likeness (QED) is 0.123. The number of rotatable bonds is 11. The topological polar surface area (TPSA) is 19.7 Å². The number of nitrogens with zero attached hydrogens (tertiary/aromatic N) is 4. The van der Waals surface area contributed by atoms with Gasteiger partial charge < -0.3 is 18.3 Å². The molecule has 0 bridgehead atoms. The summed E-state index contributed by atoms with van der Waals surface area (Å²) >= 11 is 0. The molecule has 0 saturated heterocycles. The molecule has 0 aliphatic carbocycles. The monoisotopic (exact) mass is 1400 g/mol. The Hall–Kier alpha value is -14.6. The Bertz CT molecular complexity index is 6880. The zero-order valence-electron chi connectivity index (χ0n) is 60.2.